The second-order valence-electron chi connectivity index (χ2n) is 16.0. The van der Waals surface area contributed by atoms with Crippen LogP contribution in [0.25, 0.3) is 22.3 Å². The van der Waals surface area contributed by atoms with Gasteiger partial charge in [0.1, 0.15) is 5.89 Å². The molecule has 3 aliphatic rings. The number of benzene rings is 4. The summed E-state index contributed by atoms with van der Waals surface area (Å²) in [5.74, 6) is 3.43. The Hall–Kier alpha value is -8.70. The van der Waals surface area contributed by atoms with Gasteiger partial charge in [-0.3, -0.25) is 0 Å². The molecule has 0 atom stereocenters. The number of methoxy groups -OCH3 is 12. The average Bonchev–Trinajstić information content (AvgIpc) is 4.27. The Kier molecular flexibility index (Phi) is 15.1. The molecule has 0 spiro atoms. The van der Waals surface area contributed by atoms with E-state index in [0.29, 0.717) is 141 Å². The van der Waals surface area contributed by atoms with Gasteiger partial charge in [-0.2, -0.15) is 0 Å². The van der Waals surface area contributed by atoms with Crippen LogP contribution >= 0.6 is 0 Å². The van der Waals surface area contributed by atoms with Crippen LogP contribution in [0.1, 0.15) is 33.8 Å². The number of nitrogens with zero attached hydrogens (tertiary/aromatic N) is 4. The molecule has 384 valence electrons. The molecule has 74 heavy (non-hydrogen) atoms. The van der Waals surface area contributed by atoms with Crippen LogP contribution < -0.4 is 77.6 Å². The van der Waals surface area contributed by atoms with E-state index in [1.807, 2.05) is 48.6 Å². The first-order valence-corrected chi connectivity index (χ1v) is 22.4. The van der Waals surface area contributed by atoms with Gasteiger partial charge in [-0.05, 0) is 101 Å². The quantitative estimate of drug-likeness (QED) is 0.0957. The summed E-state index contributed by atoms with van der Waals surface area (Å²) in [4.78, 5) is 21.0. The van der Waals surface area contributed by atoms with E-state index in [2.05, 4.69) is 0 Å². The Morgan fingerprint density at radius 2 is 0.703 bits per heavy atom. The summed E-state index contributed by atoms with van der Waals surface area (Å²) in [7, 11) is 18.3. The van der Waals surface area contributed by atoms with Crippen molar-refractivity contribution in [2.24, 2.45) is 9.98 Å². The van der Waals surface area contributed by atoms with Gasteiger partial charge in [-0.1, -0.05) is 12.1 Å². The van der Waals surface area contributed by atoms with E-state index in [1.54, 1.807) is 50.6 Å². The zero-order valence-corrected chi connectivity index (χ0v) is 43.4. The van der Waals surface area contributed by atoms with Gasteiger partial charge in [0.25, 0.3) is 0 Å². The third kappa shape index (κ3) is 8.88. The molecule has 18 nitrogen and oxygen atoms in total. The number of aromatic nitrogens is 2. The maximum absolute atomic E-state index is 14.8. The van der Waals surface area contributed by atoms with Crippen LogP contribution in [0, 0.1) is 0 Å². The summed E-state index contributed by atoms with van der Waals surface area (Å²) < 4.78 is 75.8. The smallest absolute Gasteiger partial charge is 0.657 e. The Morgan fingerprint density at radius 1 is 0.392 bits per heavy atom. The standard InChI is InChI=1S/C55H51N4O14.Ni/c1-61-37-19-27(20-38(62-2)50(37)69-9)45-31-13-14-32(56-31)46(28-21-39(63-3)51(70-10)40(22-28)64-4)34-16-18-36(58-34)48(30-25-43(67-7)53(72-12)44(26-30)68-8)54-59-49(55(60)73-54)47(35-17-15-33(45)57-35)29-23-41(65-5)52(71-11)42(24-29)66-6;/h13-26H,1-12H3,(H-,56,57,58,59,60);/q-1;+2/p-1. The van der Waals surface area contributed by atoms with Crippen molar-refractivity contribution in [1.82, 2.24) is 9.97 Å². The number of hydrogen-bond donors (Lipinski definition) is 0. The molecule has 0 unspecified atom stereocenters. The van der Waals surface area contributed by atoms with Crippen LogP contribution in [0.3, 0.4) is 0 Å². The van der Waals surface area contributed by atoms with E-state index in [4.69, 9.17) is 81.2 Å². The Labute approximate surface area is 436 Å². The summed E-state index contributed by atoms with van der Waals surface area (Å²) in [5, 5.41) is 15.6. The maximum Gasteiger partial charge on any atom is 2.00 e. The van der Waals surface area contributed by atoms with Crippen LogP contribution in [0.2, 0.25) is 0 Å². The Morgan fingerprint density at radius 3 is 1.07 bits per heavy atom. The topological polar surface area (TPSA) is 199 Å². The van der Waals surface area contributed by atoms with E-state index in [1.165, 1.54) is 71.1 Å². The number of aliphatic imine (C=N–C) groups is 2. The van der Waals surface area contributed by atoms with Crippen molar-refractivity contribution >= 4 is 33.7 Å². The predicted octanol–water partition coefficient (Wildman–Crippen LogP) is 6.46. The van der Waals surface area contributed by atoms with Gasteiger partial charge in [0, 0.05) is 16.7 Å². The van der Waals surface area contributed by atoms with Crippen LogP contribution in [0.15, 0.2) is 111 Å². The van der Waals surface area contributed by atoms with Gasteiger partial charge in [-0.25, -0.2) is 15.0 Å². The average molecular weight is 1050 g/mol. The Balaban J connectivity index is 0.00000729. The third-order valence-corrected chi connectivity index (χ3v) is 12.3. The number of allylic oxidation sites excluding steroid dienone is 5. The molecular formula is C55H50N4NiO14. The molecule has 8 bridgehead atoms. The molecule has 0 amide bonds. The first-order chi connectivity index (χ1) is 35.5. The van der Waals surface area contributed by atoms with E-state index < -0.39 is 5.95 Å². The third-order valence-electron chi connectivity index (χ3n) is 12.3. The molecule has 3 aliphatic heterocycles. The summed E-state index contributed by atoms with van der Waals surface area (Å²) in [5.41, 5.74) is 5.55. The van der Waals surface area contributed by atoms with Crippen molar-refractivity contribution in [3.8, 4) is 74.9 Å². The normalized spacial score (nSPS) is 13.5. The molecule has 0 saturated carbocycles. The molecule has 6 aromatic rings. The molecule has 2 aromatic heterocycles. The van der Waals surface area contributed by atoms with Crippen LogP contribution in [0.5, 0.6) is 74.9 Å². The van der Waals surface area contributed by atoms with Gasteiger partial charge in [0.05, 0.1) is 120 Å². The van der Waals surface area contributed by atoms with E-state index in [9.17, 15) is 5.11 Å². The molecule has 0 aliphatic carbocycles. The number of hydrogen-bond acceptors (Lipinski definition) is 17. The van der Waals surface area contributed by atoms with E-state index in [-0.39, 0.29) is 33.6 Å². The molecular weight excluding hydrogens is 999 g/mol. The van der Waals surface area contributed by atoms with Crippen molar-refractivity contribution in [3.05, 3.63) is 141 Å². The summed E-state index contributed by atoms with van der Waals surface area (Å²) in [6.07, 6.45) is 7.39. The molecule has 0 radical (unpaired) electrons. The molecule has 4 aromatic carbocycles. The zero-order chi connectivity index (χ0) is 51.7. The van der Waals surface area contributed by atoms with Crippen molar-refractivity contribution in [2.75, 3.05) is 85.3 Å². The minimum atomic E-state index is -0.787. The summed E-state index contributed by atoms with van der Waals surface area (Å²) in [6, 6.07) is 17.8. The van der Waals surface area contributed by atoms with Gasteiger partial charge in [-0.15, -0.1) is 10.7 Å². The first kappa shape index (κ1) is 51.7. The fraction of sp³-hybridized carbons (Fsp3) is 0.218. The second-order valence-corrected chi connectivity index (χ2v) is 16.0. The minimum absolute atomic E-state index is 0. The first-order valence-electron chi connectivity index (χ1n) is 22.4. The SMILES string of the molecule is COc1cc(C2=C3C=CC(=N3)C(c3cc(OC)c(OC)c(OC)c3)=c3ccc([n-]3)=C(c3cc(OC)c(OC)c(OC)c3)c3nc(c([O-])o3)C(c3cc(OC)c(OC)c(OC)c3)=C3C=CC2=N3)cc(OC)c1OC.[Ni+2]. The monoisotopic (exact) mass is 1050 g/mol. The van der Waals surface area contributed by atoms with Crippen LogP contribution in [-0.4, -0.2) is 102 Å². The van der Waals surface area contributed by atoms with Crippen LogP contribution in [-0.2, 0) is 16.5 Å². The van der Waals surface area contributed by atoms with Gasteiger partial charge >= 0.3 is 16.5 Å². The van der Waals surface area contributed by atoms with Crippen molar-refractivity contribution in [2.45, 2.75) is 0 Å². The largest absolute Gasteiger partial charge is 2.00 e. The van der Waals surface area contributed by atoms with Crippen molar-refractivity contribution in [1.29, 1.82) is 0 Å². The predicted molar refractivity (Wildman–Crippen MR) is 270 cm³/mol. The molecule has 19 heteroatoms. The minimum Gasteiger partial charge on any atom is -0.657 e. The van der Waals surface area contributed by atoms with E-state index in [0.717, 1.165) is 0 Å². The zero-order valence-electron chi connectivity index (χ0n) is 42.4. The Bertz CT molecular complexity index is 3420. The molecule has 0 saturated heterocycles. The fourth-order valence-corrected chi connectivity index (χ4v) is 9.04. The van der Waals surface area contributed by atoms with E-state index >= 15 is 0 Å². The van der Waals surface area contributed by atoms with Crippen LogP contribution in [0.4, 0.5) is 0 Å². The van der Waals surface area contributed by atoms with Crippen molar-refractivity contribution < 1.29 is 82.9 Å². The summed E-state index contributed by atoms with van der Waals surface area (Å²) in [6.45, 7) is 0. The summed E-state index contributed by atoms with van der Waals surface area (Å²) >= 11 is 0. The fourth-order valence-electron chi connectivity index (χ4n) is 9.04. The number of rotatable bonds is 16. The molecule has 9 rings (SSSR count). The maximum atomic E-state index is 14.8. The molecule has 0 fully saturated rings. The van der Waals surface area contributed by atoms with Gasteiger partial charge in [0.2, 0.25) is 23.0 Å². The number of ether oxygens (including phenoxy) is 12. The number of fused-ring (bicyclic) bond motifs is 6. The van der Waals surface area contributed by atoms with Crippen molar-refractivity contribution in [3.63, 3.8) is 0 Å². The van der Waals surface area contributed by atoms with Gasteiger partial charge in [0.15, 0.2) is 46.0 Å². The van der Waals surface area contributed by atoms with Gasteiger partial charge < -0.3 is 71.4 Å². The number of oxazole rings is 1. The molecule has 0 N–H and O–H groups in total. The molecule has 5 heterocycles. The second kappa shape index (κ2) is 21.6.